The minimum atomic E-state index is -0.381. The second-order valence-corrected chi connectivity index (χ2v) is 5.11. The number of hydrogen-bond acceptors (Lipinski definition) is 4. The van der Waals surface area contributed by atoms with E-state index in [2.05, 4.69) is 20.6 Å². The Labute approximate surface area is 138 Å². The molecule has 0 saturated heterocycles. The SMILES string of the molecule is O=C(Nc1ccc(NCc2cccnc2)cn1)c1ccc(F)cc1. The highest BCUT2D eigenvalue weighted by Crippen LogP contribution is 2.12. The van der Waals surface area contributed by atoms with E-state index >= 15 is 0 Å². The van der Waals surface area contributed by atoms with Crippen molar-refractivity contribution in [3.8, 4) is 0 Å². The van der Waals surface area contributed by atoms with Crippen LogP contribution in [0.4, 0.5) is 15.9 Å². The van der Waals surface area contributed by atoms with Crippen LogP contribution in [0.25, 0.3) is 0 Å². The Kier molecular flexibility index (Phi) is 4.76. The van der Waals surface area contributed by atoms with E-state index in [1.165, 1.54) is 24.3 Å². The third-order valence-electron chi connectivity index (χ3n) is 3.33. The molecule has 2 N–H and O–H groups in total. The molecule has 0 aliphatic rings. The van der Waals surface area contributed by atoms with Crippen LogP contribution < -0.4 is 10.6 Å². The first-order chi connectivity index (χ1) is 11.7. The molecule has 0 fully saturated rings. The number of benzene rings is 1. The summed E-state index contributed by atoms with van der Waals surface area (Å²) in [4.78, 5) is 20.3. The molecule has 0 unspecified atom stereocenters. The Morgan fingerprint density at radius 1 is 1.04 bits per heavy atom. The average Bonchev–Trinajstić information content (AvgIpc) is 2.62. The van der Waals surface area contributed by atoms with Crippen molar-refractivity contribution >= 4 is 17.4 Å². The molecule has 0 aliphatic heterocycles. The molecule has 0 saturated carbocycles. The molecule has 3 rings (SSSR count). The van der Waals surface area contributed by atoms with Crippen molar-refractivity contribution in [2.45, 2.75) is 6.54 Å². The number of nitrogens with zero attached hydrogens (tertiary/aromatic N) is 2. The van der Waals surface area contributed by atoms with Gasteiger partial charge in [-0.15, -0.1) is 0 Å². The highest BCUT2D eigenvalue weighted by Gasteiger charge is 2.06. The smallest absolute Gasteiger partial charge is 0.256 e. The standard InChI is InChI=1S/C18H15FN4O/c19-15-5-3-14(4-6-15)18(24)23-17-8-7-16(12-22-17)21-11-13-2-1-9-20-10-13/h1-10,12,21H,11H2,(H,22,23,24). The van der Waals surface area contributed by atoms with Crippen LogP contribution in [0.3, 0.4) is 0 Å². The molecular formula is C18H15FN4O. The van der Waals surface area contributed by atoms with E-state index < -0.39 is 0 Å². The van der Waals surface area contributed by atoms with E-state index in [4.69, 9.17) is 0 Å². The van der Waals surface area contributed by atoms with Crippen molar-refractivity contribution in [1.82, 2.24) is 9.97 Å². The fourth-order valence-electron chi connectivity index (χ4n) is 2.07. The number of carbonyl (C=O) groups is 1. The maximum Gasteiger partial charge on any atom is 0.256 e. The van der Waals surface area contributed by atoms with E-state index in [0.717, 1.165) is 11.3 Å². The topological polar surface area (TPSA) is 66.9 Å². The van der Waals surface area contributed by atoms with Gasteiger partial charge in [-0.1, -0.05) is 6.07 Å². The Morgan fingerprint density at radius 2 is 1.88 bits per heavy atom. The Hall–Kier alpha value is -3.28. The summed E-state index contributed by atoms with van der Waals surface area (Å²) in [7, 11) is 0. The van der Waals surface area contributed by atoms with Crippen molar-refractivity contribution < 1.29 is 9.18 Å². The summed E-state index contributed by atoms with van der Waals surface area (Å²) >= 11 is 0. The molecule has 0 spiro atoms. The van der Waals surface area contributed by atoms with Crippen LogP contribution in [-0.4, -0.2) is 15.9 Å². The zero-order chi connectivity index (χ0) is 16.8. The van der Waals surface area contributed by atoms with Crippen molar-refractivity contribution in [3.05, 3.63) is 84.1 Å². The lowest BCUT2D eigenvalue weighted by molar-refractivity contribution is 0.102. The maximum atomic E-state index is 12.9. The Morgan fingerprint density at radius 3 is 2.54 bits per heavy atom. The first-order valence-corrected chi connectivity index (χ1v) is 7.36. The van der Waals surface area contributed by atoms with Crippen molar-refractivity contribution in [3.63, 3.8) is 0 Å². The summed E-state index contributed by atoms with van der Waals surface area (Å²) in [5.74, 6) is -0.288. The van der Waals surface area contributed by atoms with Gasteiger partial charge in [-0.25, -0.2) is 9.37 Å². The number of halogens is 1. The van der Waals surface area contributed by atoms with E-state index in [0.29, 0.717) is 17.9 Å². The number of anilines is 2. The summed E-state index contributed by atoms with van der Waals surface area (Å²) in [6.07, 6.45) is 5.15. The molecule has 1 amide bonds. The van der Waals surface area contributed by atoms with Gasteiger partial charge in [0.1, 0.15) is 11.6 Å². The highest BCUT2D eigenvalue weighted by molar-refractivity contribution is 6.03. The van der Waals surface area contributed by atoms with E-state index in [-0.39, 0.29) is 11.7 Å². The average molecular weight is 322 g/mol. The van der Waals surface area contributed by atoms with E-state index in [1.807, 2.05) is 18.2 Å². The van der Waals surface area contributed by atoms with Crippen LogP contribution in [0.1, 0.15) is 15.9 Å². The third kappa shape index (κ3) is 4.13. The molecule has 5 nitrogen and oxygen atoms in total. The molecule has 0 bridgehead atoms. The molecule has 0 radical (unpaired) electrons. The number of nitrogens with one attached hydrogen (secondary N) is 2. The van der Waals surface area contributed by atoms with Gasteiger partial charge >= 0.3 is 0 Å². The molecule has 1 aromatic carbocycles. The Bertz CT molecular complexity index is 805. The zero-order valence-corrected chi connectivity index (χ0v) is 12.7. The lowest BCUT2D eigenvalue weighted by Crippen LogP contribution is -2.13. The van der Waals surface area contributed by atoms with Gasteiger partial charge in [0.15, 0.2) is 0 Å². The number of amides is 1. The van der Waals surface area contributed by atoms with Gasteiger partial charge in [-0.3, -0.25) is 9.78 Å². The van der Waals surface area contributed by atoms with Crippen LogP contribution in [0.2, 0.25) is 0 Å². The fraction of sp³-hybridized carbons (Fsp3) is 0.0556. The summed E-state index contributed by atoms with van der Waals surface area (Å²) in [6, 6.07) is 12.7. The van der Waals surface area contributed by atoms with Crippen LogP contribution in [-0.2, 0) is 6.54 Å². The van der Waals surface area contributed by atoms with Gasteiger partial charge in [-0.2, -0.15) is 0 Å². The summed E-state index contributed by atoms with van der Waals surface area (Å²) in [5, 5.41) is 5.89. The van der Waals surface area contributed by atoms with Gasteiger partial charge in [-0.05, 0) is 48.0 Å². The minimum Gasteiger partial charge on any atom is -0.380 e. The van der Waals surface area contributed by atoms with Crippen LogP contribution in [0, 0.1) is 5.82 Å². The summed E-state index contributed by atoms with van der Waals surface area (Å²) in [5.41, 5.74) is 2.27. The first-order valence-electron chi connectivity index (χ1n) is 7.36. The monoisotopic (exact) mass is 322 g/mol. The second kappa shape index (κ2) is 7.32. The van der Waals surface area contributed by atoms with E-state index in [1.54, 1.807) is 24.7 Å². The molecular weight excluding hydrogens is 307 g/mol. The molecule has 120 valence electrons. The second-order valence-electron chi connectivity index (χ2n) is 5.11. The maximum absolute atomic E-state index is 12.9. The lowest BCUT2D eigenvalue weighted by atomic mass is 10.2. The molecule has 2 aromatic heterocycles. The number of hydrogen-bond donors (Lipinski definition) is 2. The summed E-state index contributed by atoms with van der Waals surface area (Å²) in [6.45, 7) is 0.636. The van der Waals surface area contributed by atoms with Gasteiger partial charge < -0.3 is 10.6 Å². The number of aromatic nitrogens is 2. The molecule has 0 aliphatic carbocycles. The lowest BCUT2D eigenvalue weighted by Gasteiger charge is -2.08. The van der Waals surface area contributed by atoms with Crippen molar-refractivity contribution in [1.29, 1.82) is 0 Å². The van der Waals surface area contributed by atoms with Crippen molar-refractivity contribution in [2.75, 3.05) is 10.6 Å². The van der Waals surface area contributed by atoms with Crippen molar-refractivity contribution in [2.24, 2.45) is 0 Å². The predicted molar refractivity (Wildman–Crippen MR) is 90.2 cm³/mol. The molecule has 2 heterocycles. The quantitative estimate of drug-likeness (QED) is 0.755. The predicted octanol–water partition coefficient (Wildman–Crippen LogP) is 3.48. The normalized spacial score (nSPS) is 10.2. The molecule has 3 aromatic rings. The Balaban J connectivity index is 1.58. The van der Waals surface area contributed by atoms with Gasteiger partial charge in [0.25, 0.3) is 5.91 Å². The van der Waals surface area contributed by atoms with Gasteiger partial charge in [0.2, 0.25) is 0 Å². The van der Waals surface area contributed by atoms with E-state index in [9.17, 15) is 9.18 Å². The van der Waals surface area contributed by atoms with Crippen LogP contribution in [0.15, 0.2) is 67.1 Å². The number of rotatable bonds is 5. The third-order valence-corrected chi connectivity index (χ3v) is 3.33. The largest absolute Gasteiger partial charge is 0.380 e. The first kappa shape index (κ1) is 15.6. The van der Waals surface area contributed by atoms with Crippen LogP contribution >= 0.6 is 0 Å². The van der Waals surface area contributed by atoms with Crippen LogP contribution in [0.5, 0.6) is 0 Å². The molecule has 24 heavy (non-hydrogen) atoms. The summed E-state index contributed by atoms with van der Waals surface area (Å²) < 4.78 is 12.9. The number of pyridine rings is 2. The molecule has 6 heteroatoms. The van der Waals surface area contributed by atoms with Gasteiger partial charge in [0.05, 0.1) is 11.9 Å². The highest BCUT2D eigenvalue weighted by atomic mass is 19.1. The zero-order valence-electron chi connectivity index (χ0n) is 12.7. The molecule has 0 atom stereocenters. The number of carbonyl (C=O) groups excluding carboxylic acids is 1. The van der Waals surface area contributed by atoms with Gasteiger partial charge in [0, 0.05) is 24.5 Å². The minimum absolute atomic E-state index is 0.335. The fourth-order valence-corrected chi connectivity index (χ4v) is 2.07.